The van der Waals surface area contributed by atoms with Crippen molar-refractivity contribution in [3.05, 3.63) is 20.3 Å². The van der Waals surface area contributed by atoms with Crippen LogP contribution >= 0.6 is 34.5 Å². The van der Waals surface area contributed by atoms with Gasteiger partial charge in [0.25, 0.3) is 5.91 Å². The highest BCUT2D eigenvalue weighted by Crippen LogP contribution is 2.31. The fourth-order valence-corrected chi connectivity index (χ4v) is 2.45. The van der Waals surface area contributed by atoms with Gasteiger partial charge in [-0.25, -0.2) is 0 Å². The molecule has 0 fully saturated rings. The van der Waals surface area contributed by atoms with Crippen LogP contribution in [0.4, 0.5) is 0 Å². The average Bonchev–Trinajstić information content (AvgIpc) is 2.54. The zero-order valence-electron chi connectivity index (χ0n) is 9.99. The van der Waals surface area contributed by atoms with Crippen molar-refractivity contribution in [3.8, 4) is 0 Å². The molecule has 1 aromatic heterocycles. The molecule has 0 unspecified atom stereocenters. The zero-order valence-corrected chi connectivity index (χ0v) is 12.3. The lowest BCUT2D eigenvalue weighted by atomic mass is 10.4. The lowest BCUT2D eigenvalue weighted by Gasteiger charge is -2.21. The van der Waals surface area contributed by atoms with Gasteiger partial charge in [-0.15, -0.1) is 11.3 Å². The normalized spacial score (nSPS) is 10.0. The summed E-state index contributed by atoms with van der Waals surface area (Å²) < 4.78 is 0.404. The predicted molar refractivity (Wildman–Crippen MR) is 73.5 cm³/mol. The molecule has 17 heavy (non-hydrogen) atoms. The second-order valence-electron chi connectivity index (χ2n) is 3.74. The molecule has 4 nitrogen and oxygen atoms in total. The summed E-state index contributed by atoms with van der Waals surface area (Å²) in [5.74, 6) is 0.219. The Morgan fingerprint density at radius 2 is 1.76 bits per heavy atom. The number of rotatable bonds is 1. The Morgan fingerprint density at radius 1 is 1.24 bits per heavy atom. The van der Waals surface area contributed by atoms with Gasteiger partial charge in [0.15, 0.2) is 0 Å². The Bertz CT molecular complexity index is 425. The van der Waals surface area contributed by atoms with E-state index < -0.39 is 0 Å². The summed E-state index contributed by atoms with van der Waals surface area (Å²) in [7, 11) is 7.28. The Labute approximate surface area is 114 Å². The molecule has 1 amide bonds. The fourth-order valence-electron chi connectivity index (χ4n) is 1.20. The van der Waals surface area contributed by atoms with Gasteiger partial charge in [0.1, 0.15) is 4.34 Å². The first-order valence-electron chi connectivity index (χ1n) is 4.75. The van der Waals surface area contributed by atoms with Crippen LogP contribution in [0.2, 0.25) is 9.36 Å². The van der Waals surface area contributed by atoms with Crippen molar-refractivity contribution in [2.24, 2.45) is 4.99 Å². The summed E-state index contributed by atoms with van der Waals surface area (Å²) in [6, 6.07) is 1.53. The van der Waals surface area contributed by atoms with Crippen LogP contribution in [0, 0.1) is 0 Å². The third-order valence-electron chi connectivity index (χ3n) is 1.86. The van der Waals surface area contributed by atoms with E-state index in [1.165, 1.54) is 6.07 Å². The van der Waals surface area contributed by atoms with E-state index in [4.69, 9.17) is 23.2 Å². The van der Waals surface area contributed by atoms with Gasteiger partial charge in [-0.1, -0.05) is 23.2 Å². The van der Waals surface area contributed by atoms with Gasteiger partial charge in [0.05, 0.1) is 9.90 Å². The van der Waals surface area contributed by atoms with Crippen LogP contribution in [0.5, 0.6) is 0 Å². The van der Waals surface area contributed by atoms with Crippen molar-refractivity contribution < 1.29 is 4.79 Å². The predicted octanol–water partition coefficient (Wildman–Crippen LogP) is 2.67. The number of carbonyl (C=O) groups excluding carboxylic acids is 1. The van der Waals surface area contributed by atoms with E-state index in [1.807, 2.05) is 28.2 Å². The Kier molecular flexibility index (Phi) is 4.80. The van der Waals surface area contributed by atoms with Crippen LogP contribution in [-0.4, -0.2) is 49.9 Å². The van der Waals surface area contributed by atoms with E-state index in [9.17, 15) is 4.79 Å². The maximum absolute atomic E-state index is 11.9. The van der Waals surface area contributed by atoms with Crippen LogP contribution in [0.3, 0.4) is 0 Å². The number of nitrogens with zero attached hydrogens (tertiary/aromatic N) is 3. The molecule has 0 aliphatic carbocycles. The average molecular weight is 294 g/mol. The second kappa shape index (κ2) is 5.71. The van der Waals surface area contributed by atoms with E-state index in [-0.39, 0.29) is 5.91 Å². The first-order chi connectivity index (χ1) is 7.82. The molecule has 0 aromatic carbocycles. The third-order valence-corrected chi connectivity index (χ3v) is 3.71. The minimum atomic E-state index is -0.346. The van der Waals surface area contributed by atoms with Crippen molar-refractivity contribution >= 4 is 46.4 Å². The number of guanidine groups is 1. The number of hydrogen-bond donors (Lipinski definition) is 0. The van der Waals surface area contributed by atoms with E-state index >= 15 is 0 Å². The molecular weight excluding hydrogens is 281 g/mol. The molecule has 0 aliphatic rings. The number of amides is 1. The zero-order chi connectivity index (χ0) is 13.2. The van der Waals surface area contributed by atoms with Crippen LogP contribution in [0.1, 0.15) is 9.67 Å². The summed E-state index contributed by atoms with van der Waals surface area (Å²) >= 11 is 12.7. The monoisotopic (exact) mass is 293 g/mol. The summed E-state index contributed by atoms with van der Waals surface area (Å²) in [6.45, 7) is 0. The largest absolute Gasteiger partial charge is 0.349 e. The molecule has 1 rings (SSSR count). The summed E-state index contributed by atoms with van der Waals surface area (Å²) in [5.41, 5.74) is 0. The lowest BCUT2D eigenvalue weighted by molar-refractivity contribution is 0.100. The Morgan fingerprint density at radius 3 is 2.12 bits per heavy atom. The smallest absolute Gasteiger partial charge is 0.290 e. The molecular formula is C10H13Cl2N3OS. The van der Waals surface area contributed by atoms with Gasteiger partial charge in [0, 0.05) is 28.2 Å². The topological polar surface area (TPSA) is 35.9 Å². The highest BCUT2D eigenvalue weighted by atomic mass is 35.5. The molecule has 0 N–H and O–H groups in total. The van der Waals surface area contributed by atoms with Crippen LogP contribution in [0.15, 0.2) is 11.1 Å². The van der Waals surface area contributed by atoms with E-state index in [2.05, 4.69) is 4.99 Å². The van der Waals surface area contributed by atoms with Crippen molar-refractivity contribution in [1.29, 1.82) is 0 Å². The molecule has 7 heteroatoms. The second-order valence-corrected chi connectivity index (χ2v) is 5.80. The third kappa shape index (κ3) is 3.59. The Balaban J connectivity index is 3.01. The summed E-state index contributed by atoms with van der Waals surface area (Å²) in [4.78, 5) is 19.9. The van der Waals surface area contributed by atoms with Gasteiger partial charge < -0.3 is 9.80 Å². The van der Waals surface area contributed by atoms with E-state index in [0.29, 0.717) is 20.2 Å². The fraction of sp³-hybridized carbons (Fsp3) is 0.400. The summed E-state index contributed by atoms with van der Waals surface area (Å²) in [5, 5.41) is 0.381. The molecule has 0 atom stereocenters. The molecule has 0 saturated carbocycles. The molecule has 1 aromatic rings. The lowest BCUT2D eigenvalue weighted by Crippen LogP contribution is -2.36. The van der Waals surface area contributed by atoms with Crippen molar-refractivity contribution in [3.63, 3.8) is 0 Å². The molecule has 0 saturated heterocycles. The standard InChI is InChI=1S/C10H13Cl2N3OS/c1-14(2)10(15(3)4)13-9(16)7-5-6(11)8(12)17-7/h5H,1-4H3. The number of thiophene rings is 1. The Hall–Kier alpha value is -0.780. The number of carbonyl (C=O) groups is 1. The molecule has 0 aliphatic heterocycles. The maximum Gasteiger partial charge on any atom is 0.290 e. The van der Waals surface area contributed by atoms with E-state index in [1.54, 1.807) is 9.80 Å². The first-order valence-corrected chi connectivity index (χ1v) is 6.32. The van der Waals surface area contributed by atoms with E-state index in [0.717, 1.165) is 11.3 Å². The minimum absolute atomic E-state index is 0.346. The highest BCUT2D eigenvalue weighted by molar-refractivity contribution is 7.18. The van der Waals surface area contributed by atoms with Gasteiger partial charge in [0.2, 0.25) is 5.96 Å². The van der Waals surface area contributed by atoms with Crippen molar-refractivity contribution in [2.45, 2.75) is 0 Å². The molecule has 0 bridgehead atoms. The van der Waals surface area contributed by atoms with Crippen LogP contribution < -0.4 is 0 Å². The van der Waals surface area contributed by atoms with Gasteiger partial charge in [-0.2, -0.15) is 4.99 Å². The number of aliphatic imine (C=N–C) groups is 1. The molecule has 94 valence electrons. The first kappa shape index (κ1) is 14.3. The van der Waals surface area contributed by atoms with Crippen LogP contribution in [0.25, 0.3) is 0 Å². The highest BCUT2D eigenvalue weighted by Gasteiger charge is 2.14. The van der Waals surface area contributed by atoms with Gasteiger partial charge >= 0.3 is 0 Å². The number of hydrogen-bond acceptors (Lipinski definition) is 2. The number of halogens is 2. The van der Waals surface area contributed by atoms with Crippen molar-refractivity contribution in [2.75, 3.05) is 28.2 Å². The van der Waals surface area contributed by atoms with Crippen LogP contribution in [-0.2, 0) is 0 Å². The molecule has 0 spiro atoms. The summed E-state index contributed by atoms with van der Waals surface area (Å²) in [6.07, 6.45) is 0. The van der Waals surface area contributed by atoms with Gasteiger partial charge in [-0.3, -0.25) is 4.79 Å². The van der Waals surface area contributed by atoms with Gasteiger partial charge in [-0.05, 0) is 6.07 Å². The quantitative estimate of drug-likeness (QED) is 0.590. The SMILES string of the molecule is CN(C)C(=NC(=O)c1cc(Cl)c(Cl)s1)N(C)C. The molecule has 0 radical (unpaired) electrons. The van der Waals surface area contributed by atoms with Crippen molar-refractivity contribution in [1.82, 2.24) is 9.80 Å². The minimum Gasteiger partial charge on any atom is -0.349 e. The molecule has 1 heterocycles. The maximum atomic E-state index is 11.9.